The molecule has 1 rings (SSSR count). The molecule has 0 aliphatic heterocycles. The molecule has 6 heteroatoms. The van der Waals surface area contributed by atoms with Crippen LogP contribution >= 0.6 is 11.8 Å². The number of nitrogens with zero attached hydrogens (tertiary/aromatic N) is 1. The third kappa shape index (κ3) is 5.10. The smallest absolute Gasteiger partial charge is 0.185 e. The highest BCUT2D eigenvalue weighted by molar-refractivity contribution is 8.13. The molecule has 2 atom stereocenters. The second-order valence-electron chi connectivity index (χ2n) is 4.14. The molecule has 1 heterocycles. The molecule has 19 heavy (non-hydrogen) atoms. The van der Waals surface area contributed by atoms with Crippen molar-refractivity contribution in [3.8, 4) is 0 Å². The van der Waals surface area contributed by atoms with E-state index in [9.17, 15) is 19.8 Å². The van der Waals surface area contributed by atoms with Crippen LogP contribution in [0.2, 0.25) is 0 Å². The molecule has 0 fully saturated rings. The van der Waals surface area contributed by atoms with E-state index in [2.05, 4.69) is 4.98 Å². The lowest BCUT2D eigenvalue weighted by molar-refractivity contribution is -0.109. The van der Waals surface area contributed by atoms with Crippen molar-refractivity contribution in [3.05, 3.63) is 29.6 Å². The minimum absolute atomic E-state index is 0.0293. The Hall–Kier alpha value is -1.24. The van der Waals surface area contributed by atoms with Crippen LogP contribution in [-0.2, 0) is 4.79 Å². The van der Waals surface area contributed by atoms with Gasteiger partial charge in [0.05, 0.1) is 11.8 Å². The second-order valence-corrected chi connectivity index (χ2v) is 5.42. The lowest BCUT2D eigenvalue weighted by atomic mass is 10.1. The number of carbonyl (C=O) groups is 2. The molecule has 1 aromatic rings. The van der Waals surface area contributed by atoms with Crippen LogP contribution in [-0.4, -0.2) is 38.0 Å². The van der Waals surface area contributed by atoms with Crippen LogP contribution in [0.4, 0.5) is 0 Å². The van der Waals surface area contributed by atoms with E-state index in [-0.39, 0.29) is 28.7 Å². The number of Topliss-reactive ketones (excluding diaryl/α,β-unsaturated/α-hetero) is 1. The summed E-state index contributed by atoms with van der Waals surface area (Å²) < 4.78 is 0. The molecular weight excluding hydrogens is 266 g/mol. The molecule has 2 unspecified atom stereocenters. The minimum Gasteiger partial charge on any atom is -0.390 e. The van der Waals surface area contributed by atoms with Crippen molar-refractivity contribution in [1.82, 2.24) is 4.98 Å². The number of pyridine rings is 1. The Morgan fingerprint density at radius 1 is 1.32 bits per heavy atom. The van der Waals surface area contributed by atoms with Crippen molar-refractivity contribution >= 4 is 22.7 Å². The van der Waals surface area contributed by atoms with Crippen molar-refractivity contribution in [2.45, 2.75) is 32.5 Å². The number of hydrogen-bond acceptors (Lipinski definition) is 6. The predicted octanol–water partition coefficient (Wildman–Crippen LogP) is 1.35. The lowest BCUT2D eigenvalue weighted by Crippen LogP contribution is -2.20. The van der Waals surface area contributed by atoms with Crippen molar-refractivity contribution in [3.63, 3.8) is 0 Å². The van der Waals surface area contributed by atoms with Crippen molar-refractivity contribution in [2.24, 2.45) is 0 Å². The Morgan fingerprint density at radius 3 is 2.58 bits per heavy atom. The van der Waals surface area contributed by atoms with Crippen LogP contribution in [0.25, 0.3) is 0 Å². The molecule has 0 aliphatic rings. The van der Waals surface area contributed by atoms with E-state index in [0.717, 1.165) is 11.8 Å². The molecule has 0 radical (unpaired) electrons. The average molecular weight is 283 g/mol. The van der Waals surface area contributed by atoms with Crippen LogP contribution in [0.3, 0.4) is 0 Å². The maximum absolute atomic E-state index is 11.2. The zero-order valence-corrected chi connectivity index (χ0v) is 11.7. The normalized spacial score (nSPS) is 13.9. The summed E-state index contributed by atoms with van der Waals surface area (Å²) in [5.41, 5.74) is 0.509. The zero-order chi connectivity index (χ0) is 14.4. The van der Waals surface area contributed by atoms with Crippen LogP contribution in [0.1, 0.15) is 42.6 Å². The van der Waals surface area contributed by atoms with Gasteiger partial charge in [-0.3, -0.25) is 9.59 Å². The van der Waals surface area contributed by atoms with Gasteiger partial charge in [-0.1, -0.05) is 17.8 Å². The van der Waals surface area contributed by atoms with E-state index < -0.39 is 12.2 Å². The Morgan fingerprint density at radius 2 is 2.00 bits per heavy atom. The summed E-state index contributed by atoms with van der Waals surface area (Å²) in [6, 6.07) is 4.72. The van der Waals surface area contributed by atoms with E-state index in [4.69, 9.17) is 0 Å². The van der Waals surface area contributed by atoms with Crippen molar-refractivity contribution < 1.29 is 19.8 Å². The summed E-state index contributed by atoms with van der Waals surface area (Å²) in [5, 5.41) is 19.7. The summed E-state index contributed by atoms with van der Waals surface area (Å²) in [7, 11) is 0. The lowest BCUT2D eigenvalue weighted by Gasteiger charge is -2.17. The number of hydrogen-bond donors (Lipinski definition) is 2. The van der Waals surface area contributed by atoms with Crippen LogP contribution < -0.4 is 0 Å². The average Bonchev–Trinajstić information content (AvgIpc) is 2.37. The summed E-state index contributed by atoms with van der Waals surface area (Å²) in [6.45, 7) is 2.84. The molecular formula is C13H17NO4S. The Kier molecular flexibility index (Phi) is 6.14. The van der Waals surface area contributed by atoms with Gasteiger partial charge in [-0.25, -0.2) is 4.98 Å². The number of aliphatic hydroxyl groups excluding tert-OH is 2. The topological polar surface area (TPSA) is 87.5 Å². The Labute approximate surface area is 116 Å². The highest BCUT2D eigenvalue weighted by Gasteiger charge is 2.20. The SMILES string of the molecule is CC(=O)SCCC(O)C(O)c1cccc(C(C)=O)n1. The van der Waals surface area contributed by atoms with Gasteiger partial charge < -0.3 is 10.2 Å². The van der Waals surface area contributed by atoms with Gasteiger partial charge in [-0.2, -0.15) is 0 Å². The van der Waals surface area contributed by atoms with Gasteiger partial charge in [0.2, 0.25) is 0 Å². The van der Waals surface area contributed by atoms with Gasteiger partial charge in [-0.15, -0.1) is 0 Å². The van der Waals surface area contributed by atoms with Gasteiger partial charge in [0.1, 0.15) is 11.8 Å². The summed E-state index contributed by atoms with van der Waals surface area (Å²) >= 11 is 1.10. The number of aromatic nitrogens is 1. The van der Waals surface area contributed by atoms with Crippen molar-refractivity contribution in [2.75, 3.05) is 5.75 Å². The highest BCUT2D eigenvalue weighted by atomic mass is 32.2. The third-order valence-electron chi connectivity index (χ3n) is 2.52. The fourth-order valence-electron chi connectivity index (χ4n) is 1.49. The molecule has 0 spiro atoms. The zero-order valence-electron chi connectivity index (χ0n) is 10.9. The molecule has 0 saturated heterocycles. The highest BCUT2D eigenvalue weighted by Crippen LogP contribution is 2.19. The second kappa shape index (κ2) is 7.37. The first kappa shape index (κ1) is 15.8. The maximum Gasteiger partial charge on any atom is 0.185 e. The molecule has 1 aromatic heterocycles. The van der Waals surface area contributed by atoms with Crippen molar-refractivity contribution in [1.29, 1.82) is 0 Å². The third-order valence-corrected chi connectivity index (χ3v) is 3.36. The molecule has 0 saturated carbocycles. The molecule has 0 aliphatic carbocycles. The fraction of sp³-hybridized carbons (Fsp3) is 0.462. The largest absolute Gasteiger partial charge is 0.390 e. The van der Waals surface area contributed by atoms with E-state index in [1.54, 1.807) is 18.2 Å². The van der Waals surface area contributed by atoms with E-state index in [0.29, 0.717) is 5.75 Å². The first-order chi connectivity index (χ1) is 8.91. The predicted molar refractivity (Wildman–Crippen MR) is 73.0 cm³/mol. The first-order valence-electron chi connectivity index (χ1n) is 5.89. The fourth-order valence-corrected chi connectivity index (χ4v) is 2.14. The molecule has 0 amide bonds. The van der Waals surface area contributed by atoms with E-state index in [1.807, 2.05) is 0 Å². The van der Waals surface area contributed by atoms with E-state index >= 15 is 0 Å². The molecule has 104 valence electrons. The van der Waals surface area contributed by atoms with Crippen LogP contribution in [0.5, 0.6) is 0 Å². The van der Waals surface area contributed by atoms with Gasteiger partial charge in [0.25, 0.3) is 0 Å². The number of thioether (sulfide) groups is 1. The van der Waals surface area contributed by atoms with E-state index in [1.165, 1.54) is 13.8 Å². The Balaban J connectivity index is 2.65. The molecule has 2 N–H and O–H groups in total. The summed E-state index contributed by atoms with van der Waals surface area (Å²) in [4.78, 5) is 25.9. The summed E-state index contributed by atoms with van der Waals surface area (Å²) in [6.07, 6.45) is -1.90. The van der Waals surface area contributed by atoms with Gasteiger partial charge >= 0.3 is 0 Å². The maximum atomic E-state index is 11.2. The standard InChI is InChI=1S/C13H17NO4S/c1-8(15)10-4-3-5-11(14-10)13(18)12(17)6-7-19-9(2)16/h3-5,12-13,17-18H,6-7H2,1-2H3. The van der Waals surface area contributed by atoms with Crippen LogP contribution in [0, 0.1) is 0 Å². The number of carbonyl (C=O) groups excluding carboxylic acids is 2. The molecule has 5 nitrogen and oxygen atoms in total. The molecule has 0 bridgehead atoms. The quantitative estimate of drug-likeness (QED) is 0.766. The van der Waals surface area contributed by atoms with Gasteiger partial charge in [0, 0.05) is 19.6 Å². The van der Waals surface area contributed by atoms with Gasteiger partial charge in [-0.05, 0) is 18.6 Å². The number of ketones is 1. The van der Waals surface area contributed by atoms with Crippen LogP contribution in [0.15, 0.2) is 18.2 Å². The van der Waals surface area contributed by atoms with Gasteiger partial charge in [0.15, 0.2) is 10.9 Å². The first-order valence-corrected chi connectivity index (χ1v) is 6.87. The number of aliphatic hydroxyl groups is 2. The Bertz CT molecular complexity index is 464. The monoisotopic (exact) mass is 283 g/mol. The number of rotatable bonds is 6. The minimum atomic E-state index is -1.16. The molecule has 0 aromatic carbocycles. The summed E-state index contributed by atoms with van der Waals surface area (Å²) in [5.74, 6) is 0.232.